The molecule has 0 spiro atoms. The molecule has 1 N–H and O–H groups in total. The maximum Gasteiger partial charge on any atom is 0.287 e. The molecule has 0 fully saturated rings. The van der Waals surface area contributed by atoms with Crippen LogP contribution in [0.1, 0.15) is 38.5 Å². The molecule has 0 saturated heterocycles. The van der Waals surface area contributed by atoms with Crippen LogP contribution in [-0.2, 0) is 6.42 Å². The number of fused-ring (bicyclic) bond motifs is 1. The van der Waals surface area contributed by atoms with Crippen LogP contribution >= 0.6 is 11.3 Å². The number of carbonyl (C=O) groups is 1. The van der Waals surface area contributed by atoms with Crippen molar-refractivity contribution in [3.63, 3.8) is 0 Å². The number of furan rings is 1. The second-order valence-corrected chi connectivity index (χ2v) is 8.36. The Hall–Kier alpha value is -2.92. The number of nitrogens with one attached hydrogen (secondary N) is 1. The Morgan fingerprint density at radius 3 is 2.55 bits per heavy atom. The zero-order valence-corrected chi connectivity index (χ0v) is 17.9. The number of aromatic nitrogens is 1. The average molecular weight is 405 g/mol. The predicted octanol–water partition coefficient (Wildman–Crippen LogP) is 5.76. The van der Waals surface area contributed by atoms with Crippen molar-refractivity contribution in [1.29, 1.82) is 0 Å². The van der Waals surface area contributed by atoms with E-state index in [-0.39, 0.29) is 5.91 Å². The molecule has 0 saturated carbocycles. The molecule has 2 heterocycles. The maximum atomic E-state index is 12.6. The zero-order chi connectivity index (χ0) is 20.5. The molecule has 0 aliphatic carbocycles. The van der Waals surface area contributed by atoms with Crippen molar-refractivity contribution in [3.8, 4) is 10.6 Å². The van der Waals surface area contributed by atoms with Gasteiger partial charge in [-0.25, -0.2) is 4.98 Å². The number of nitrogens with zero attached hydrogens (tertiary/aromatic N) is 1. The number of thiazole rings is 1. The summed E-state index contributed by atoms with van der Waals surface area (Å²) in [5.74, 6) is 0.214. The van der Waals surface area contributed by atoms with Crippen molar-refractivity contribution >= 4 is 28.2 Å². The summed E-state index contributed by atoms with van der Waals surface area (Å²) in [6.07, 6.45) is 0.686. The molecule has 5 heteroatoms. The van der Waals surface area contributed by atoms with Gasteiger partial charge in [0.05, 0.1) is 5.69 Å². The number of aryl methyl sites for hydroxylation is 4. The van der Waals surface area contributed by atoms with Crippen LogP contribution in [0.3, 0.4) is 0 Å². The van der Waals surface area contributed by atoms with Gasteiger partial charge in [0.2, 0.25) is 0 Å². The monoisotopic (exact) mass is 404 g/mol. The Morgan fingerprint density at radius 1 is 1.07 bits per heavy atom. The lowest BCUT2D eigenvalue weighted by atomic mass is 10.1. The molecule has 4 aromatic rings. The number of hydrogen-bond donors (Lipinski definition) is 1. The summed E-state index contributed by atoms with van der Waals surface area (Å²) in [4.78, 5) is 17.3. The van der Waals surface area contributed by atoms with Gasteiger partial charge in [-0.05, 0) is 51.0 Å². The number of hydrogen-bond acceptors (Lipinski definition) is 4. The van der Waals surface area contributed by atoms with Crippen LogP contribution in [0.15, 0.2) is 46.2 Å². The molecule has 2 aromatic carbocycles. The Kier molecular flexibility index (Phi) is 5.24. The zero-order valence-electron chi connectivity index (χ0n) is 17.1. The number of rotatable bonds is 5. The van der Waals surface area contributed by atoms with Crippen molar-refractivity contribution < 1.29 is 9.21 Å². The van der Waals surface area contributed by atoms with E-state index in [0.29, 0.717) is 18.7 Å². The van der Waals surface area contributed by atoms with Crippen molar-refractivity contribution in [2.24, 2.45) is 0 Å². The first-order valence-corrected chi connectivity index (χ1v) is 10.6. The number of benzene rings is 2. The molecule has 0 unspecified atom stereocenters. The van der Waals surface area contributed by atoms with Gasteiger partial charge in [0.25, 0.3) is 5.91 Å². The van der Waals surface area contributed by atoms with E-state index >= 15 is 0 Å². The SMILES string of the molecule is Cc1ccc(-c2nc(CCNC(=O)c3oc4cc(C)c(C)cc4c3C)cs2)cc1. The first-order chi connectivity index (χ1) is 13.9. The van der Waals surface area contributed by atoms with Crippen molar-refractivity contribution in [3.05, 3.63) is 75.5 Å². The normalized spacial score (nSPS) is 11.2. The van der Waals surface area contributed by atoms with E-state index in [1.165, 1.54) is 11.1 Å². The lowest BCUT2D eigenvalue weighted by molar-refractivity contribution is 0.0927. The van der Waals surface area contributed by atoms with Gasteiger partial charge >= 0.3 is 0 Å². The van der Waals surface area contributed by atoms with E-state index in [2.05, 4.69) is 54.9 Å². The summed E-state index contributed by atoms with van der Waals surface area (Å²) in [7, 11) is 0. The Balaban J connectivity index is 1.41. The highest BCUT2D eigenvalue weighted by Crippen LogP contribution is 2.28. The van der Waals surface area contributed by atoms with Gasteiger partial charge < -0.3 is 9.73 Å². The van der Waals surface area contributed by atoms with Gasteiger partial charge in [-0.2, -0.15) is 0 Å². The molecule has 0 bridgehead atoms. The second-order valence-electron chi connectivity index (χ2n) is 7.50. The number of amides is 1. The van der Waals surface area contributed by atoms with Crippen molar-refractivity contribution in [2.75, 3.05) is 6.54 Å². The minimum absolute atomic E-state index is 0.178. The maximum absolute atomic E-state index is 12.6. The molecule has 0 aliphatic rings. The largest absolute Gasteiger partial charge is 0.451 e. The summed E-state index contributed by atoms with van der Waals surface area (Å²) in [6.45, 7) is 8.64. The smallest absolute Gasteiger partial charge is 0.287 e. The van der Waals surface area contributed by atoms with Crippen LogP contribution in [-0.4, -0.2) is 17.4 Å². The van der Waals surface area contributed by atoms with E-state index in [9.17, 15) is 4.79 Å². The van der Waals surface area contributed by atoms with Gasteiger partial charge in [0.1, 0.15) is 10.6 Å². The van der Waals surface area contributed by atoms with Crippen LogP contribution < -0.4 is 5.32 Å². The summed E-state index contributed by atoms with van der Waals surface area (Å²) in [5.41, 5.74) is 7.35. The Bertz CT molecular complexity index is 1190. The third-order valence-electron chi connectivity index (χ3n) is 5.28. The molecule has 1 amide bonds. The molecule has 0 radical (unpaired) electrons. The third kappa shape index (κ3) is 3.96. The summed E-state index contributed by atoms with van der Waals surface area (Å²) < 4.78 is 5.85. The highest BCUT2D eigenvalue weighted by molar-refractivity contribution is 7.13. The highest BCUT2D eigenvalue weighted by atomic mass is 32.1. The minimum atomic E-state index is -0.178. The highest BCUT2D eigenvalue weighted by Gasteiger charge is 2.18. The first-order valence-electron chi connectivity index (χ1n) is 9.72. The van der Waals surface area contributed by atoms with E-state index in [4.69, 9.17) is 9.40 Å². The van der Waals surface area contributed by atoms with E-state index < -0.39 is 0 Å². The lowest BCUT2D eigenvalue weighted by Crippen LogP contribution is -2.25. The third-order valence-corrected chi connectivity index (χ3v) is 6.22. The molecule has 4 nitrogen and oxygen atoms in total. The minimum Gasteiger partial charge on any atom is -0.451 e. The van der Waals surface area contributed by atoms with E-state index in [1.54, 1.807) is 11.3 Å². The van der Waals surface area contributed by atoms with Crippen LogP contribution in [0, 0.1) is 27.7 Å². The summed E-state index contributed by atoms with van der Waals surface area (Å²) in [6, 6.07) is 12.4. The fraction of sp³-hybridized carbons (Fsp3) is 0.250. The van der Waals surface area contributed by atoms with Gasteiger partial charge in [0, 0.05) is 34.9 Å². The molecule has 4 rings (SSSR count). The topological polar surface area (TPSA) is 55.1 Å². The first kappa shape index (κ1) is 19.4. The lowest BCUT2D eigenvalue weighted by Gasteiger charge is -2.02. The number of carbonyl (C=O) groups excluding carboxylic acids is 1. The summed E-state index contributed by atoms with van der Waals surface area (Å²) in [5, 5.41) is 7.03. The second kappa shape index (κ2) is 7.84. The van der Waals surface area contributed by atoms with E-state index in [0.717, 1.165) is 38.4 Å². The van der Waals surface area contributed by atoms with Crippen molar-refractivity contribution in [2.45, 2.75) is 34.1 Å². The molecular weight excluding hydrogens is 380 g/mol. The van der Waals surface area contributed by atoms with Crippen LogP contribution in [0.5, 0.6) is 0 Å². The van der Waals surface area contributed by atoms with E-state index in [1.807, 2.05) is 19.9 Å². The van der Waals surface area contributed by atoms with Gasteiger partial charge in [-0.1, -0.05) is 29.8 Å². The quantitative estimate of drug-likeness (QED) is 0.460. The average Bonchev–Trinajstić information content (AvgIpc) is 3.28. The Labute approximate surface area is 174 Å². The van der Waals surface area contributed by atoms with Gasteiger partial charge in [-0.15, -0.1) is 11.3 Å². The fourth-order valence-electron chi connectivity index (χ4n) is 3.33. The molecular formula is C24H24N2O2S. The predicted molar refractivity (Wildman–Crippen MR) is 119 cm³/mol. The fourth-order valence-corrected chi connectivity index (χ4v) is 4.19. The molecule has 0 atom stereocenters. The molecule has 2 aromatic heterocycles. The van der Waals surface area contributed by atoms with Crippen LogP contribution in [0.25, 0.3) is 21.5 Å². The molecule has 0 aliphatic heterocycles. The van der Waals surface area contributed by atoms with Gasteiger partial charge in [-0.3, -0.25) is 4.79 Å². The van der Waals surface area contributed by atoms with Crippen LogP contribution in [0.2, 0.25) is 0 Å². The van der Waals surface area contributed by atoms with Crippen molar-refractivity contribution in [1.82, 2.24) is 10.3 Å². The van der Waals surface area contributed by atoms with Gasteiger partial charge in [0.15, 0.2) is 5.76 Å². The van der Waals surface area contributed by atoms with Crippen LogP contribution in [0.4, 0.5) is 0 Å². The molecule has 148 valence electrons. The summed E-state index contributed by atoms with van der Waals surface area (Å²) >= 11 is 1.63. The molecule has 29 heavy (non-hydrogen) atoms. The Morgan fingerprint density at radius 2 is 1.79 bits per heavy atom. The standard InChI is InChI=1S/C24H24N2O2S/c1-14-5-7-18(8-6-14)24-26-19(13-29-24)9-10-25-23(27)22-17(4)20-11-15(2)16(3)12-21(20)28-22/h5-8,11-13H,9-10H2,1-4H3,(H,25,27).